The van der Waals surface area contributed by atoms with Crippen molar-refractivity contribution in [2.45, 2.75) is 18.9 Å². The molecule has 1 N–H and O–H groups in total. The number of amides is 1. The van der Waals surface area contributed by atoms with E-state index in [-0.39, 0.29) is 5.91 Å². The lowest BCUT2D eigenvalue weighted by atomic mass is 10.1. The lowest BCUT2D eigenvalue weighted by Gasteiger charge is -2.15. The lowest BCUT2D eigenvalue weighted by molar-refractivity contribution is 0.0950. The van der Waals surface area contributed by atoms with Crippen LogP contribution in [0.5, 0.6) is 11.5 Å². The molecule has 0 aliphatic heterocycles. The van der Waals surface area contributed by atoms with E-state index in [4.69, 9.17) is 9.47 Å². The van der Waals surface area contributed by atoms with E-state index in [0.29, 0.717) is 23.1 Å². The number of nitrogens with one attached hydrogen (secondary N) is 1. The van der Waals surface area contributed by atoms with Crippen LogP contribution in [-0.4, -0.2) is 30.7 Å². The Morgan fingerprint density at radius 1 is 1.14 bits per heavy atom. The molecule has 1 amide bonds. The number of hydrogen-bond acceptors (Lipinski definition) is 3. The molecule has 3 rings (SSSR count). The molecule has 1 heterocycles. The summed E-state index contributed by atoms with van der Waals surface area (Å²) in [5.41, 5.74) is 1.35. The van der Waals surface area contributed by atoms with Crippen molar-refractivity contribution in [2.24, 2.45) is 0 Å². The molecule has 2 aromatic rings. The van der Waals surface area contributed by atoms with Gasteiger partial charge in [-0.05, 0) is 31.0 Å². The summed E-state index contributed by atoms with van der Waals surface area (Å²) >= 11 is 0. The van der Waals surface area contributed by atoms with Crippen LogP contribution < -0.4 is 14.8 Å². The molecule has 5 nitrogen and oxygen atoms in total. The van der Waals surface area contributed by atoms with Gasteiger partial charge in [-0.15, -0.1) is 0 Å². The molecule has 1 aromatic heterocycles. The zero-order chi connectivity index (χ0) is 14.8. The number of aromatic nitrogens is 1. The zero-order valence-corrected chi connectivity index (χ0v) is 12.1. The van der Waals surface area contributed by atoms with Crippen LogP contribution in [0.25, 0.3) is 5.69 Å². The first-order chi connectivity index (χ1) is 10.2. The lowest BCUT2D eigenvalue weighted by Crippen LogP contribution is -2.26. The highest BCUT2D eigenvalue weighted by Crippen LogP contribution is 2.33. The number of rotatable bonds is 5. The smallest absolute Gasteiger partial charge is 0.253 e. The standard InChI is InChI=1S/C16H18N2O3/c1-20-14-9-12(16(19)17-11-5-6-11)13(10-15(14)21-2)18-7-3-4-8-18/h3-4,7-11H,5-6H2,1-2H3,(H,17,19). The third kappa shape index (κ3) is 2.72. The minimum absolute atomic E-state index is 0.0813. The summed E-state index contributed by atoms with van der Waals surface area (Å²) < 4.78 is 12.5. The van der Waals surface area contributed by atoms with E-state index < -0.39 is 0 Å². The number of methoxy groups -OCH3 is 2. The Balaban J connectivity index is 2.07. The quantitative estimate of drug-likeness (QED) is 0.918. The molecule has 0 spiro atoms. The molecule has 0 bridgehead atoms. The van der Waals surface area contributed by atoms with E-state index in [1.165, 1.54) is 0 Å². The molecule has 5 heteroatoms. The summed E-state index contributed by atoms with van der Waals surface area (Å²) in [5, 5.41) is 3.01. The molecule has 0 unspecified atom stereocenters. The van der Waals surface area contributed by atoms with Crippen molar-refractivity contribution in [2.75, 3.05) is 14.2 Å². The fourth-order valence-electron chi connectivity index (χ4n) is 2.25. The maximum Gasteiger partial charge on any atom is 0.253 e. The zero-order valence-electron chi connectivity index (χ0n) is 12.1. The van der Waals surface area contributed by atoms with Gasteiger partial charge in [0.1, 0.15) is 0 Å². The van der Waals surface area contributed by atoms with E-state index in [1.807, 2.05) is 35.2 Å². The van der Waals surface area contributed by atoms with Crippen LogP contribution in [0.15, 0.2) is 36.7 Å². The monoisotopic (exact) mass is 286 g/mol. The van der Waals surface area contributed by atoms with E-state index in [1.54, 1.807) is 20.3 Å². The Morgan fingerprint density at radius 3 is 2.33 bits per heavy atom. The second-order valence-corrected chi connectivity index (χ2v) is 5.06. The number of nitrogens with zero attached hydrogens (tertiary/aromatic N) is 1. The second kappa shape index (κ2) is 5.52. The van der Waals surface area contributed by atoms with Crippen molar-refractivity contribution in [3.63, 3.8) is 0 Å². The Labute approximate surface area is 123 Å². The van der Waals surface area contributed by atoms with E-state index in [2.05, 4.69) is 5.32 Å². The Morgan fingerprint density at radius 2 is 1.76 bits per heavy atom. The molecule has 110 valence electrons. The molecule has 0 saturated heterocycles. The van der Waals surface area contributed by atoms with Gasteiger partial charge in [0.05, 0.1) is 25.5 Å². The van der Waals surface area contributed by atoms with Crippen molar-refractivity contribution in [3.8, 4) is 17.2 Å². The van der Waals surface area contributed by atoms with Gasteiger partial charge in [0.15, 0.2) is 11.5 Å². The maximum absolute atomic E-state index is 12.5. The average molecular weight is 286 g/mol. The van der Waals surface area contributed by atoms with E-state index in [0.717, 1.165) is 18.5 Å². The first-order valence-electron chi connectivity index (χ1n) is 6.93. The van der Waals surface area contributed by atoms with Crippen LogP contribution in [0, 0.1) is 0 Å². The minimum Gasteiger partial charge on any atom is -0.493 e. The third-order valence-electron chi connectivity index (χ3n) is 3.54. The molecule has 1 saturated carbocycles. The summed E-state index contributed by atoms with van der Waals surface area (Å²) in [6.45, 7) is 0. The molecular formula is C16H18N2O3. The van der Waals surface area contributed by atoms with E-state index in [9.17, 15) is 4.79 Å². The summed E-state index contributed by atoms with van der Waals surface area (Å²) in [4.78, 5) is 12.5. The molecule has 0 atom stereocenters. The molecular weight excluding hydrogens is 268 g/mol. The summed E-state index contributed by atoms with van der Waals surface area (Å²) in [6, 6.07) is 7.69. The molecule has 21 heavy (non-hydrogen) atoms. The molecule has 0 radical (unpaired) electrons. The minimum atomic E-state index is -0.0813. The second-order valence-electron chi connectivity index (χ2n) is 5.06. The van der Waals surface area contributed by atoms with Crippen molar-refractivity contribution in [3.05, 3.63) is 42.2 Å². The Hall–Kier alpha value is -2.43. The van der Waals surface area contributed by atoms with Crippen LogP contribution in [0.4, 0.5) is 0 Å². The van der Waals surface area contributed by atoms with E-state index >= 15 is 0 Å². The number of ether oxygens (including phenoxy) is 2. The third-order valence-corrected chi connectivity index (χ3v) is 3.54. The van der Waals surface area contributed by atoms with Gasteiger partial charge < -0.3 is 19.4 Å². The van der Waals surface area contributed by atoms with Gasteiger partial charge in [0.2, 0.25) is 0 Å². The summed E-state index contributed by atoms with van der Waals surface area (Å²) in [5.74, 6) is 1.07. The van der Waals surface area contributed by atoms with Crippen LogP contribution >= 0.6 is 0 Å². The van der Waals surface area contributed by atoms with Crippen LogP contribution in [0.1, 0.15) is 23.2 Å². The van der Waals surface area contributed by atoms with Crippen LogP contribution in [-0.2, 0) is 0 Å². The van der Waals surface area contributed by atoms with Gasteiger partial charge in [-0.3, -0.25) is 4.79 Å². The predicted molar refractivity (Wildman–Crippen MR) is 79.4 cm³/mol. The number of carbonyl (C=O) groups is 1. The summed E-state index contributed by atoms with van der Waals surface area (Å²) in [7, 11) is 3.15. The van der Waals surface area contributed by atoms with Gasteiger partial charge in [-0.2, -0.15) is 0 Å². The topological polar surface area (TPSA) is 52.5 Å². The maximum atomic E-state index is 12.5. The summed E-state index contributed by atoms with van der Waals surface area (Å²) in [6.07, 6.45) is 5.90. The Bertz CT molecular complexity index is 646. The molecule has 1 fully saturated rings. The van der Waals surface area contributed by atoms with Crippen molar-refractivity contribution in [1.29, 1.82) is 0 Å². The number of benzene rings is 1. The van der Waals surface area contributed by atoms with Gasteiger partial charge in [-0.25, -0.2) is 0 Å². The first-order valence-corrected chi connectivity index (χ1v) is 6.93. The fraction of sp³-hybridized carbons (Fsp3) is 0.312. The fourth-order valence-corrected chi connectivity index (χ4v) is 2.25. The van der Waals surface area contributed by atoms with Gasteiger partial charge in [0, 0.05) is 24.5 Å². The predicted octanol–water partition coefficient (Wildman–Crippen LogP) is 2.39. The van der Waals surface area contributed by atoms with Gasteiger partial charge in [0.25, 0.3) is 5.91 Å². The largest absolute Gasteiger partial charge is 0.493 e. The van der Waals surface area contributed by atoms with Gasteiger partial charge in [-0.1, -0.05) is 0 Å². The molecule has 1 aliphatic rings. The highest BCUT2D eigenvalue weighted by Gasteiger charge is 2.26. The highest BCUT2D eigenvalue weighted by molar-refractivity contribution is 5.99. The first kappa shape index (κ1) is 13.5. The number of hydrogen-bond donors (Lipinski definition) is 1. The molecule has 1 aliphatic carbocycles. The van der Waals surface area contributed by atoms with Crippen LogP contribution in [0.3, 0.4) is 0 Å². The van der Waals surface area contributed by atoms with Gasteiger partial charge >= 0.3 is 0 Å². The van der Waals surface area contributed by atoms with Crippen LogP contribution in [0.2, 0.25) is 0 Å². The highest BCUT2D eigenvalue weighted by atomic mass is 16.5. The average Bonchev–Trinajstić information content (AvgIpc) is 3.15. The van der Waals surface area contributed by atoms with Crippen molar-refractivity contribution in [1.82, 2.24) is 9.88 Å². The molecule has 1 aromatic carbocycles. The Kier molecular flexibility index (Phi) is 3.56. The SMILES string of the molecule is COc1cc(C(=O)NC2CC2)c(-n2cccc2)cc1OC. The number of carbonyl (C=O) groups excluding carboxylic acids is 1. The van der Waals surface area contributed by atoms with Crippen molar-refractivity contribution < 1.29 is 14.3 Å². The normalized spacial score (nSPS) is 13.8. The van der Waals surface area contributed by atoms with Crippen molar-refractivity contribution >= 4 is 5.91 Å².